The number of fused-ring (bicyclic) bond motifs is 1. The van der Waals surface area contributed by atoms with Gasteiger partial charge in [-0.2, -0.15) is 0 Å². The third kappa shape index (κ3) is 4.82. The molecule has 7 heteroatoms. The fourth-order valence-electron chi connectivity index (χ4n) is 2.08. The van der Waals surface area contributed by atoms with Crippen LogP contribution in [0.5, 0.6) is 5.75 Å². The van der Waals surface area contributed by atoms with Crippen molar-refractivity contribution in [2.75, 3.05) is 13.2 Å². The van der Waals surface area contributed by atoms with Crippen molar-refractivity contribution in [3.8, 4) is 5.75 Å². The molecule has 0 saturated carbocycles. The van der Waals surface area contributed by atoms with Gasteiger partial charge in [0.25, 0.3) is 5.91 Å². The highest BCUT2D eigenvalue weighted by Crippen LogP contribution is 2.29. The van der Waals surface area contributed by atoms with E-state index in [4.69, 9.17) is 21.4 Å². The number of benzene rings is 1. The van der Waals surface area contributed by atoms with Crippen molar-refractivity contribution in [1.29, 1.82) is 0 Å². The number of rotatable bonds is 7. The second-order valence-corrected chi connectivity index (χ2v) is 5.65. The average molecular weight is 337 g/mol. The number of hydrogen-bond donors (Lipinski definition) is 2. The largest absolute Gasteiger partial charge is 0.481 e. The Balaban J connectivity index is 1.92. The van der Waals surface area contributed by atoms with Gasteiger partial charge in [-0.1, -0.05) is 18.5 Å². The number of hydrogen-bond acceptors (Lipinski definition) is 4. The second-order valence-electron chi connectivity index (χ2n) is 5.24. The predicted molar refractivity (Wildman–Crippen MR) is 86.7 cm³/mol. The van der Waals surface area contributed by atoms with Gasteiger partial charge in [0.05, 0.1) is 5.02 Å². The topological polar surface area (TPSA) is 88.5 Å². The molecule has 2 N–H and O–H groups in total. The van der Waals surface area contributed by atoms with E-state index in [1.807, 2.05) is 6.07 Å². The first-order valence-corrected chi connectivity index (χ1v) is 7.49. The molecule has 2 rings (SSSR count). The molecule has 0 bridgehead atoms. The summed E-state index contributed by atoms with van der Waals surface area (Å²) >= 11 is 6.10. The van der Waals surface area contributed by atoms with Crippen molar-refractivity contribution in [2.45, 2.75) is 13.3 Å². The summed E-state index contributed by atoms with van der Waals surface area (Å²) in [4.78, 5) is 26.6. The van der Waals surface area contributed by atoms with E-state index in [1.54, 1.807) is 31.3 Å². The number of nitrogens with one attached hydrogen (secondary N) is 1. The van der Waals surface area contributed by atoms with Crippen molar-refractivity contribution in [2.24, 2.45) is 5.92 Å². The van der Waals surface area contributed by atoms with Crippen LogP contribution in [0.3, 0.4) is 0 Å². The van der Waals surface area contributed by atoms with Crippen molar-refractivity contribution in [3.05, 3.63) is 35.5 Å². The summed E-state index contributed by atoms with van der Waals surface area (Å²) in [6.45, 7) is 1.87. The summed E-state index contributed by atoms with van der Waals surface area (Å²) in [6.07, 6.45) is 1.63. The van der Waals surface area contributed by atoms with Crippen LogP contribution in [-0.4, -0.2) is 35.1 Å². The molecule has 0 radical (unpaired) electrons. The highest BCUT2D eigenvalue weighted by atomic mass is 35.5. The number of amides is 1. The maximum Gasteiger partial charge on any atom is 0.303 e. The molecular formula is C16H17ClN2O4. The second kappa shape index (κ2) is 7.78. The maximum absolute atomic E-state index is 11.8. The van der Waals surface area contributed by atoms with Gasteiger partial charge in [0.15, 0.2) is 6.61 Å². The summed E-state index contributed by atoms with van der Waals surface area (Å²) in [7, 11) is 0. The zero-order valence-corrected chi connectivity index (χ0v) is 13.3. The number of aliphatic carboxylic acids is 1. The lowest BCUT2D eigenvalue weighted by atomic mass is 10.1. The number of carbonyl (C=O) groups is 2. The molecule has 1 aromatic carbocycles. The van der Waals surface area contributed by atoms with Gasteiger partial charge >= 0.3 is 5.97 Å². The Labute approximate surface area is 138 Å². The molecule has 1 amide bonds. The molecule has 1 aromatic heterocycles. The molecule has 6 nitrogen and oxygen atoms in total. The molecule has 23 heavy (non-hydrogen) atoms. The van der Waals surface area contributed by atoms with Crippen LogP contribution in [0.1, 0.15) is 13.3 Å². The van der Waals surface area contributed by atoms with Gasteiger partial charge in [-0.05, 0) is 30.2 Å². The molecule has 2 aromatic rings. The highest BCUT2D eigenvalue weighted by molar-refractivity contribution is 6.35. The number of nitrogens with zero attached hydrogens (tertiary/aromatic N) is 1. The number of ether oxygens (including phenoxy) is 1. The number of halogens is 1. The van der Waals surface area contributed by atoms with Crippen molar-refractivity contribution < 1.29 is 19.4 Å². The summed E-state index contributed by atoms with van der Waals surface area (Å²) in [5, 5.41) is 12.6. The molecular weight excluding hydrogens is 320 g/mol. The first kappa shape index (κ1) is 17.0. The van der Waals surface area contributed by atoms with E-state index in [-0.39, 0.29) is 31.4 Å². The Morgan fingerprint density at radius 1 is 1.39 bits per heavy atom. The van der Waals surface area contributed by atoms with Crippen molar-refractivity contribution >= 4 is 34.4 Å². The van der Waals surface area contributed by atoms with Gasteiger partial charge in [-0.3, -0.25) is 14.6 Å². The lowest BCUT2D eigenvalue weighted by molar-refractivity contribution is -0.138. The van der Waals surface area contributed by atoms with Gasteiger partial charge in [0.1, 0.15) is 11.3 Å². The molecule has 0 aliphatic carbocycles. The molecule has 122 valence electrons. The summed E-state index contributed by atoms with van der Waals surface area (Å²) < 4.78 is 5.50. The first-order chi connectivity index (χ1) is 11.0. The molecule has 0 aliphatic rings. The Bertz CT molecular complexity index is 720. The van der Waals surface area contributed by atoms with Crippen LogP contribution < -0.4 is 10.1 Å². The van der Waals surface area contributed by atoms with Crippen LogP contribution in [0.25, 0.3) is 10.9 Å². The van der Waals surface area contributed by atoms with Crippen molar-refractivity contribution in [3.63, 3.8) is 0 Å². The molecule has 1 atom stereocenters. The van der Waals surface area contributed by atoms with E-state index in [2.05, 4.69) is 10.3 Å². The van der Waals surface area contributed by atoms with Crippen LogP contribution >= 0.6 is 11.6 Å². The van der Waals surface area contributed by atoms with Crippen LogP contribution in [0.4, 0.5) is 0 Å². The number of aromatic nitrogens is 1. The molecule has 1 unspecified atom stereocenters. The molecule has 0 aliphatic heterocycles. The van der Waals surface area contributed by atoms with E-state index in [9.17, 15) is 9.59 Å². The minimum absolute atomic E-state index is 0.00682. The molecule has 0 saturated heterocycles. The zero-order chi connectivity index (χ0) is 16.8. The predicted octanol–water partition coefficient (Wildman–Crippen LogP) is 2.49. The number of carboxylic acid groups (broad SMARTS) is 1. The molecule has 1 heterocycles. The Hall–Kier alpha value is -2.34. The van der Waals surface area contributed by atoms with Crippen LogP contribution in [-0.2, 0) is 9.59 Å². The van der Waals surface area contributed by atoms with E-state index in [0.717, 1.165) is 5.39 Å². The van der Waals surface area contributed by atoms with Gasteiger partial charge in [-0.25, -0.2) is 0 Å². The highest BCUT2D eigenvalue weighted by Gasteiger charge is 2.11. The van der Waals surface area contributed by atoms with E-state index in [1.165, 1.54) is 0 Å². The lowest BCUT2D eigenvalue weighted by Crippen LogP contribution is -2.33. The number of pyridine rings is 1. The van der Waals surface area contributed by atoms with Crippen LogP contribution in [0, 0.1) is 5.92 Å². The lowest BCUT2D eigenvalue weighted by Gasteiger charge is -2.12. The first-order valence-electron chi connectivity index (χ1n) is 7.12. The Kier molecular flexibility index (Phi) is 5.76. The van der Waals surface area contributed by atoms with Gasteiger partial charge in [0.2, 0.25) is 0 Å². The fourth-order valence-corrected chi connectivity index (χ4v) is 2.30. The summed E-state index contributed by atoms with van der Waals surface area (Å²) in [6, 6.07) is 6.95. The average Bonchev–Trinajstić information content (AvgIpc) is 2.52. The SMILES string of the molecule is CC(CNC(=O)COc1ccc(Cl)c2cccnc12)CC(=O)O. The standard InChI is InChI=1S/C16H17ClN2O4/c1-10(7-15(21)22)8-19-14(20)9-23-13-5-4-12(17)11-3-2-6-18-16(11)13/h2-6,10H,7-9H2,1H3,(H,19,20)(H,21,22). The van der Waals surface area contributed by atoms with Crippen LogP contribution in [0.15, 0.2) is 30.5 Å². The normalized spacial score (nSPS) is 11.9. The van der Waals surface area contributed by atoms with Gasteiger partial charge in [-0.15, -0.1) is 0 Å². The minimum Gasteiger partial charge on any atom is -0.481 e. The number of carbonyl (C=O) groups excluding carboxylic acids is 1. The Morgan fingerprint density at radius 2 is 2.17 bits per heavy atom. The van der Waals surface area contributed by atoms with Crippen molar-refractivity contribution in [1.82, 2.24) is 10.3 Å². The minimum atomic E-state index is -0.887. The monoisotopic (exact) mass is 336 g/mol. The maximum atomic E-state index is 11.8. The third-order valence-electron chi connectivity index (χ3n) is 3.21. The van der Waals surface area contributed by atoms with E-state index in [0.29, 0.717) is 16.3 Å². The summed E-state index contributed by atoms with van der Waals surface area (Å²) in [5.74, 6) is -0.879. The molecule has 0 spiro atoms. The number of carboxylic acids is 1. The van der Waals surface area contributed by atoms with E-state index < -0.39 is 5.97 Å². The van der Waals surface area contributed by atoms with E-state index >= 15 is 0 Å². The fraction of sp³-hybridized carbons (Fsp3) is 0.312. The zero-order valence-electron chi connectivity index (χ0n) is 12.6. The summed E-state index contributed by atoms with van der Waals surface area (Å²) in [5.41, 5.74) is 0.590. The molecule has 0 fully saturated rings. The van der Waals surface area contributed by atoms with Gasteiger partial charge < -0.3 is 15.2 Å². The van der Waals surface area contributed by atoms with Crippen LogP contribution in [0.2, 0.25) is 5.02 Å². The smallest absolute Gasteiger partial charge is 0.303 e. The van der Waals surface area contributed by atoms with Gasteiger partial charge in [0, 0.05) is 24.5 Å². The Morgan fingerprint density at radius 3 is 2.91 bits per heavy atom. The quantitative estimate of drug-likeness (QED) is 0.811. The third-order valence-corrected chi connectivity index (χ3v) is 3.54.